The number of nitrogens with two attached hydrogens (primary N) is 1. The summed E-state index contributed by atoms with van der Waals surface area (Å²) in [5.41, 5.74) is 6.17. The molecule has 6 nitrogen and oxygen atoms in total. The number of amides is 1. The summed E-state index contributed by atoms with van der Waals surface area (Å²) in [6.07, 6.45) is 0.629. The van der Waals surface area contributed by atoms with Crippen LogP contribution < -0.4 is 5.73 Å². The van der Waals surface area contributed by atoms with Gasteiger partial charge in [0, 0.05) is 26.1 Å². The van der Waals surface area contributed by atoms with E-state index in [2.05, 4.69) is 0 Å². The number of aryl methyl sites for hydroxylation is 1. The fourth-order valence-electron chi connectivity index (χ4n) is 2.92. The van der Waals surface area contributed by atoms with E-state index in [9.17, 15) is 13.2 Å². The van der Waals surface area contributed by atoms with Crippen LogP contribution >= 0.6 is 0 Å². The Labute approximate surface area is 131 Å². The van der Waals surface area contributed by atoms with Gasteiger partial charge in [-0.2, -0.15) is 4.31 Å². The molecule has 1 aliphatic rings. The molecule has 0 saturated carbocycles. The molecule has 122 valence electrons. The van der Waals surface area contributed by atoms with Gasteiger partial charge < -0.3 is 10.5 Å². The van der Waals surface area contributed by atoms with Gasteiger partial charge in [-0.15, -0.1) is 0 Å². The molecular formula is C15H22N2O4S. The van der Waals surface area contributed by atoms with E-state index in [4.69, 9.17) is 10.5 Å². The van der Waals surface area contributed by atoms with Crippen molar-refractivity contribution < 1.29 is 17.9 Å². The van der Waals surface area contributed by atoms with E-state index in [0.29, 0.717) is 17.9 Å². The summed E-state index contributed by atoms with van der Waals surface area (Å²) in [5.74, 6) is -1.20. The van der Waals surface area contributed by atoms with E-state index < -0.39 is 21.8 Å². The fraction of sp³-hybridized carbons (Fsp3) is 0.533. The Hall–Kier alpha value is -1.44. The van der Waals surface area contributed by atoms with E-state index in [1.807, 2.05) is 13.0 Å². The van der Waals surface area contributed by atoms with Crippen LogP contribution in [-0.4, -0.2) is 45.4 Å². The van der Waals surface area contributed by atoms with Gasteiger partial charge in [0.05, 0.1) is 17.4 Å². The topological polar surface area (TPSA) is 89.7 Å². The number of hydrogen-bond donors (Lipinski definition) is 1. The maximum atomic E-state index is 12.9. The first-order chi connectivity index (χ1) is 10.4. The van der Waals surface area contributed by atoms with Gasteiger partial charge in [-0.3, -0.25) is 4.79 Å². The number of rotatable bonds is 6. The third-order valence-electron chi connectivity index (χ3n) is 4.13. The molecule has 0 aliphatic carbocycles. The summed E-state index contributed by atoms with van der Waals surface area (Å²) in [7, 11) is -2.10. The van der Waals surface area contributed by atoms with E-state index in [1.54, 1.807) is 18.2 Å². The van der Waals surface area contributed by atoms with Crippen LogP contribution in [-0.2, 0) is 26.0 Å². The van der Waals surface area contributed by atoms with Crippen molar-refractivity contribution in [3.63, 3.8) is 0 Å². The van der Waals surface area contributed by atoms with E-state index >= 15 is 0 Å². The molecule has 2 N–H and O–H groups in total. The van der Waals surface area contributed by atoms with Crippen molar-refractivity contribution >= 4 is 15.9 Å². The molecule has 0 unspecified atom stereocenters. The summed E-state index contributed by atoms with van der Waals surface area (Å²) in [6.45, 7) is 2.60. The maximum Gasteiger partial charge on any atom is 0.243 e. The molecule has 1 amide bonds. The first-order valence-electron chi connectivity index (χ1n) is 7.28. The van der Waals surface area contributed by atoms with Crippen molar-refractivity contribution in [1.82, 2.24) is 4.31 Å². The number of carbonyl (C=O) groups is 1. The predicted molar refractivity (Wildman–Crippen MR) is 82.6 cm³/mol. The average molecular weight is 326 g/mol. The molecule has 1 saturated heterocycles. The number of benzene rings is 1. The summed E-state index contributed by atoms with van der Waals surface area (Å²) in [5, 5.41) is 0. The molecule has 0 spiro atoms. The highest BCUT2D eigenvalue weighted by atomic mass is 32.2. The third kappa shape index (κ3) is 3.16. The normalized spacial score (nSPS) is 22.8. The minimum atomic E-state index is -3.63. The Balaban J connectivity index is 2.33. The fourth-order valence-corrected chi connectivity index (χ4v) is 4.74. The summed E-state index contributed by atoms with van der Waals surface area (Å²) >= 11 is 0. The molecular weight excluding hydrogens is 304 g/mol. The van der Waals surface area contributed by atoms with Crippen LogP contribution in [0.5, 0.6) is 0 Å². The van der Waals surface area contributed by atoms with Crippen molar-refractivity contribution in [3.05, 3.63) is 29.8 Å². The van der Waals surface area contributed by atoms with Crippen molar-refractivity contribution in [2.24, 2.45) is 17.6 Å². The Morgan fingerprint density at radius 3 is 2.64 bits per heavy atom. The second-order valence-corrected chi connectivity index (χ2v) is 7.41. The number of primary amides is 1. The summed E-state index contributed by atoms with van der Waals surface area (Å²) in [4.78, 5) is 11.9. The van der Waals surface area contributed by atoms with Crippen LogP contribution in [0.25, 0.3) is 0 Å². The van der Waals surface area contributed by atoms with E-state index in [1.165, 1.54) is 11.4 Å². The van der Waals surface area contributed by atoms with Crippen LogP contribution in [0.15, 0.2) is 29.2 Å². The second kappa shape index (κ2) is 6.76. The lowest BCUT2D eigenvalue weighted by molar-refractivity contribution is -0.122. The Morgan fingerprint density at radius 1 is 1.36 bits per heavy atom. The van der Waals surface area contributed by atoms with Gasteiger partial charge >= 0.3 is 0 Å². The van der Waals surface area contributed by atoms with Gasteiger partial charge in [-0.1, -0.05) is 25.1 Å². The molecule has 0 radical (unpaired) electrons. The smallest absolute Gasteiger partial charge is 0.243 e. The highest BCUT2D eigenvalue weighted by molar-refractivity contribution is 7.89. The molecule has 22 heavy (non-hydrogen) atoms. The zero-order valence-electron chi connectivity index (χ0n) is 12.9. The molecule has 1 aromatic rings. The molecule has 2 atom stereocenters. The van der Waals surface area contributed by atoms with Crippen molar-refractivity contribution in [1.29, 1.82) is 0 Å². The van der Waals surface area contributed by atoms with Gasteiger partial charge in [0.1, 0.15) is 0 Å². The van der Waals surface area contributed by atoms with Crippen LogP contribution in [0.3, 0.4) is 0 Å². The van der Waals surface area contributed by atoms with E-state index in [0.717, 1.165) is 5.56 Å². The largest absolute Gasteiger partial charge is 0.384 e. The molecule has 0 aromatic heterocycles. The molecule has 2 rings (SSSR count). The lowest BCUT2D eigenvalue weighted by atomic mass is 9.96. The van der Waals surface area contributed by atoms with Gasteiger partial charge in [0.15, 0.2) is 0 Å². The summed E-state index contributed by atoms with van der Waals surface area (Å²) in [6, 6.07) is 6.94. The standard InChI is InChI=1S/C15H22N2O4S/c1-3-11-6-4-5-7-14(11)22(19,20)17-8-12(10-21-2)13(9-17)15(16)18/h4-7,12-13H,3,8-10H2,1-2H3,(H2,16,18)/t12-,13+/m0/s1. The highest BCUT2D eigenvalue weighted by Crippen LogP contribution is 2.30. The zero-order chi connectivity index (χ0) is 16.3. The average Bonchev–Trinajstić information content (AvgIpc) is 2.92. The lowest BCUT2D eigenvalue weighted by Crippen LogP contribution is -2.32. The zero-order valence-corrected chi connectivity index (χ0v) is 13.7. The molecule has 1 aromatic carbocycles. The monoisotopic (exact) mass is 326 g/mol. The number of sulfonamides is 1. The minimum Gasteiger partial charge on any atom is -0.384 e. The number of nitrogens with zero attached hydrogens (tertiary/aromatic N) is 1. The first kappa shape index (κ1) is 16.9. The second-order valence-electron chi connectivity index (χ2n) is 5.51. The third-order valence-corrected chi connectivity index (χ3v) is 6.06. The summed E-state index contributed by atoms with van der Waals surface area (Å²) < 4.78 is 32.2. The lowest BCUT2D eigenvalue weighted by Gasteiger charge is -2.18. The van der Waals surface area contributed by atoms with E-state index in [-0.39, 0.29) is 19.0 Å². The molecule has 1 fully saturated rings. The number of hydrogen-bond acceptors (Lipinski definition) is 4. The Kier molecular flexibility index (Phi) is 5.20. The van der Waals surface area contributed by atoms with Crippen LogP contribution in [0.1, 0.15) is 12.5 Å². The Bertz CT molecular complexity index is 645. The van der Waals surface area contributed by atoms with Crippen LogP contribution in [0.4, 0.5) is 0 Å². The maximum absolute atomic E-state index is 12.9. The number of ether oxygens (including phenoxy) is 1. The number of methoxy groups -OCH3 is 1. The van der Waals surface area contributed by atoms with Crippen molar-refractivity contribution in [3.8, 4) is 0 Å². The molecule has 0 bridgehead atoms. The quantitative estimate of drug-likeness (QED) is 0.830. The van der Waals surface area contributed by atoms with Crippen LogP contribution in [0.2, 0.25) is 0 Å². The molecule has 1 aliphatic heterocycles. The minimum absolute atomic E-state index is 0.115. The van der Waals surface area contributed by atoms with Gasteiger partial charge in [-0.05, 0) is 18.1 Å². The SMILES string of the molecule is CCc1ccccc1S(=O)(=O)N1C[C@@H](COC)[C@H](C(N)=O)C1. The van der Waals surface area contributed by atoms with Gasteiger partial charge in [-0.25, -0.2) is 8.42 Å². The first-order valence-corrected chi connectivity index (χ1v) is 8.72. The Morgan fingerprint density at radius 2 is 2.05 bits per heavy atom. The molecule has 1 heterocycles. The number of carbonyl (C=O) groups excluding carboxylic acids is 1. The van der Waals surface area contributed by atoms with Gasteiger partial charge in [0.2, 0.25) is 15.9 Å². The van der Waals surface area contributed by atoms with Gasteiger partial charge in [0.25, 0.3) is 0 Å². The van der Waals surface area contributed by atoms with Crippen molar-refractivity contribution in [2.75, 3.05) is 26.8 Å². The predicted octanol–water partition coefficient (Wildman–Crippen LogP) is 0.617. The van der Waals surface area contributed by atoms with Crippen molar-refractivity contribution in [2.45, 2.75) is 18.2 Å². The van der Waals surface area contributed by atoms with Crippen LogP contribution in [0, 0.1) is 11.8 Å². The molecule has 7 heteroatoms. The highest BCUT2D eigenvalue weighted by Gasteiger charge is 2.42.